The van der Waals surface area contributed by atoms with Crippen LogP contribution in [0.1, 0.15) is 61.9 Å². The highest BCUT2D eigenvalue weighted by Gasteiger charge is 2.24. The van der Waals surface area contributed by atoms with Gasteiger partial charge in [-0.05, 0) is 69.6 Å². The van der Waals surface area contributed by atoms with E-state index in [0.29, 0.717) is 24.3 Å². The number of amides is 2. The fourth-order valence-electron chi connectivity index (χ4n) is 3.26. The van der Waals surface area contributed by atoms with Crippen LogP contribution in [-0.2, 0) is 11.2 Å². The van der Waals surface area contributed by atoms with Crippen molar-refractivity contribution in [3.8, 4) is 0 Å². The van der Waals surface area contributed by atoms with Crippen molar-refractivity contribution in [3.05, 3.63) is 35.4 Å². The summed E-state index contributed by atoms with van der Waals surface area (Å²) >= 11 is 0. The SMILES string of the molecule is CC(C)(O)CCc1cccc(C(=O)N2CCC(CCC(N)=O)CC2)c1. The van der Waals surface area contributed by atoms with Gasteiger partial charge in [-0.15, -0.1) is 0 Å². The number of primary amides is 1. The summed E-state index contributed by atoms with van der Waals surface area (Å²) < 4.78 is 0. The summed E-state index contributed by atoms with van der Waals surface area (Å²) in [6, 6.07) is 7.70. The molecule has 2 rings (SSSR count). The molecule has 0 aromatic heterocycles. The van der Waals surface area contributed by atoms with Crippen LogP contribution in [0.15, 0.2) is 24.3 Å². The number of benzene rings is 1. The van der Waals surface area contributed by atoms with Crippen molar-refractivity contribution in [3.63, 3.8) is 0 Å². The number of aliphatic hydroxyl groups is 1. The standard InChI is InChI=1S/C20H30N2O3/c1-20(2,25)11-8-16-4-3-5-17(14-16)19(24)22-12-9-15(10-13-22)6-7-18(21)23/h3-5,14-15,25H,6-13H2,1-2H3,(H2,21,23). The number of aryl methyl sites for hydroxylation is 1. The summed E-state index contributed by atoms with van der Waals surface area (Å²) in [5.41, 5.74) is 6.29. The molecule has 2 amide bonds. The van der Waals surface area contributed by atoms with Crippen LogP contribution in [0.5, 0.6) is 0 Å². The number of carbonyl (C=O) groups excluding carboxylic acids is 2. The van der Waals surface area contributed by atoms with Gasteiger partial charge in [-0.1, -0.05) is 12.1 Å². The van der Waals surface area contributed by atoms with E-state index in [-0.39, 0.29) is 11.8 Å². The maximum atomic E-state index is 12.7. The smallest absolute Gasteiger partial charge is 0.253 e. The fourth-order valence-corrected chi connectivity index (χ4v) is 3.26. The number of hydrogen-bond acceptors (Lipinski definition) is 3. The molecule has 1 aromatic carbocycles. The summed E-state index contributed by atoms with van der Waals surface area (Å²) in [7, 11) is 0. The van der Waals surface area contributed by atoms with Crippen molar-refractivity contribution < 1.29 is 14.7 Å². The van der Waals surface area contributed by atoms with Crippen LogP contribution in [-0.4, -0.2) is 40.5 Å². The normalized spacial score (nSPS) is 16.0. The molecule has 1 aliphatic rings. The van der Waals surface area contributed by atoms with Crippen LogP contribution in [0.25, 0.3) is 0 Å². The largest absolute Gasteiger partial charge is 0.390 e. The van der Waals surface area contributed by atoms with Crippen molar-refractivity contribution >= 4 is 11.8 Å². The van der Waals surface area contributed by atoms with E-state index in [1.165, 1.54) is 0 Å². The molecule has 0 saturated carbocycles. The lowest BCUT2D eigenvalue weighted by atomic mass is 9.91. The molecule has 1 aliphatic heterocycles. The third kappa shape index (κ3) is 6.50. The fraction of sp³-hybridized carbons (Fsp3) is 0.600. The van der Waals surface area contributed by atoms with E-state index in [1.807, 2.05) is 29.2 Å². The number of piperidine rings is 1. The molecule has 0 atom stereocenters. The van der Waals surface area contributed by atoms with E-state index < -0.39 is 5.60 Å². The van der Waals surface area contributed by atoms with Crippen LogP contribution < -0.4 is 5.73 Å². The van der Waals surface area contributed by atoms with Gasteiger partial charge in [0.2, 0.25) is 5.91 Å². The number of nitrogens with zero attached hydrogens (tertiary/aromatic N) is 1. The first-order chi connectivity index (χ1) is 11.7. The number of carbonyl (C=O) groups is 2. The molecule has 0 spiro atoms. The Labute approximate surface area is 150 Å². The van der Waals surface area contributed by atoms with Crippen LogP contribution in [0.2, 0.25) is 0 Å². The second kappa shape index (κ2) is 8.48. The number of likely N-dealkylation sites (tertiary alicyclic amines) is 1. The third-order valence-electron chi connectivity index (χ3n) is 4.90. The van der Waals surface area contributed by atoms with Crippen LogP contribution in [0, 0.1) is 5.92 Å². The minimum Gasteiger partial charge on any atom is -0.390 e. The molecule has 0 bridgehead atoms. The molecular weight excluding hydrogens is 316 g/mol. The van der Waals surface area contributed by atoms with Gasteiger partial charge in [-0.3, -0.25) is 9.59 Å². The Morgan fingerprint density at radius 3 is 2.56 bits per heavy atom. The quantitative estimate of drug-likeness (QED) is 0.796. The van der Waals surface area contributed by atoms with E-state index in [4.69, 9.17) is 5.73 Å². The first-order valence-electron chi connectivity index (χ1n) is 9.13. The lowest BCUT2D eigenvalue weighted by Crippen LogP contribution is -2.38. The summed E-state index contributed by atoms with van der Waals surface area (Å²) in [4.78, 5) is 25.5. The van der Waals surface area contributed by atoms with Crippen molar-refractivity contribution in [2.45, 2.75) is 58.0 Å². The lowest BCUT2D eigenvalue weighted by Gasteiger charge is -2.32. The highest BCUT2D eigenvalue weighted by atomic mass is 16.3. The van der Waals surface area contributed by atoms with Crippen molar-refractivity contribution in [1.29, 1.82) is 0 Å². The number of hydrogen-bond donors (Lipinski definition) is 2. The van der Waals surface area contributed by atoms with Crippen LogP contribution in [0.3, 0.4) is 0 Å². The highest BCUT2D eigenvalue weighted by molar-refractivity contribution is 5.94. The monoisotopic (exact) mass is 346 g/mol. The van der Waals surface area contributed by atoms with Gasteiger partial charge >= 0.3 is 0 Å². The Hall–Kier alpha value is -1.88. The molecule has 0 unspecified atom stereocenters. The molecule has 1 aromatic rings. The van der Waals surface area contributed by atoms with E-state index in [2.05, 4.69) is 0 Å². The molecule has 1 heterocycles. The summed E-state index contributed by atoms with van der Waals surface area (Å²) in [5, 5.41) is 9.86. The predicted molar refractivity (Wildman–Crippen MR) is 98.1 cm³/mol. The Bertz CT molecular complexity index is 599. The summed E-state index contributed by atoms with van der Waals surface area (Å²) in [6.45, 7) is 5.06. The Balaban J connectivity index is 1.90. The predicted octanol–water partition coefficient (Wildman–Crippen LogP) is 2.51. The Morgan fingerprint density at radius 1 is 1.28 bits per heavy atom. The average molecular weight is 346 g/mol. The Kier molecular flexibility index (Phi) is 6.59. The molecule has 0 aliphatic carbocycles. The van der Waals surface area contributed by atoms with Crippen molar-refractivity contribution in [1.82, 2.24) is 4.90 Å². The molecule has 1 fully saturated rings. The van der Waals surface area contributed by atoms with Gasteiger partial charge in [0.05, 0.1) is 5.60 Å². The number of rotatable bonds is 7. The topological polar surface area (TPSA) is 83.6 Å². The Morgan fingerprint density at radius 2 is 1.96 bits per heavy atom. The zero-order chi connectivity index (χ0) is 18.4. The minimum absolute atomic E-state index is 0.0680. The van der Waals surface area contributed by atoms with Crippen molar-refractivity contribution in [2.75, 3.05) is 13.1 Å². The maximum Gasteiger partial charge on any atom is 0.253 e. The highest BCUT2D eigenvalue weighted by Crippen LogP contribution is 2.23. The summed E-state index contributed by atoms with van der Waals surface area (Å²) in [6.07, 6.45) is 4.52. The first-order valence-corrected chi connectivity index (χ1v) is 9.13. The van der Waals surface area contributed by atoms with Crippen LogP contribution in [0.4, 0.5) is 0 Å². The number of nitrogens with two attached hydrogens (primary N) is 1. The van der Waals surface area contributed by atoms with E-state index >= 15 is 0 Å². The second-order valence-electron chi connectivity index (χ2n) is 7.75. The zero-order valence-electron chi connectivity index (χ0n) is 15.3. The molecule has 138 valence electrons. The maximum absolute atomic E-state index is 12.7. The van der Waals surface area contributed by atoms with Gasteiger partial charge in [-0.2, -0.15) is 0 Å². The average Bonchev–Trinajstić information content (AvgIpc) is 2.57. The minimum atomic E-state index is -0.702. The molecule has 5 heteroatoms. The molecule has 5 nitrogen and oxygen atoms in total. The van der Waals surface area contributed by atoms with Crippen LogP contribution >= 0.6 is 0 Å². The summed E-state index contributed by atoms with van der Waals surface area (Å²) in [5.74, 6) is 0.300. The zero-order valence-corrected chi connectivity index (χ0v) is 15.3. The third-order valence-corrected chi connectivity index (χ3v) is 4.90. The lowest BCUT2D eigenvalue weighted by molar-refractivity contribution is -0.118. The molecular formula is C20H30N2O3. The van der Waals surface area contributed by atoms with Crippen molar-refractivity contribution in [2.24, 2.45) is 11.7 Å². The van der Waals surface area contributed by atoms with Gasteiger partial charge in [0.25, 0.3) is 5.91 Å². The first kappa shape index (κ1) is 19.4. The molecule has 3 N–H and O–H groups in total. The molecule has 25 heavy (non-hydrogen) atoms. The van der Waals surface area contributed by atoms with Gasteiger partial charge in [0, 0.05) is 25.1 Å². The second-order valence-corrected chi connectivity index (χ2v) is 7.75. The van der Waals surface area contributed by atoms with Gasteiger partial charge in [0.1, 0.15) is 0 Å². The van der Waals surface area contributed by atoms with E-state index in [0.717, 1.165) is 44.3 Å². The van der Waals surface area contributed by atoms with Gasteiger partial charge < -0.3 is 15.7 Å². The van der Waals surface area contributed by atoms with Gasteiger partial charge in [0.15, 0.2) is 0 Å². The van der Waals surface area contributed by atoms with E-state index in [9.17, 15) is 14.7 Å². The molecule has 0 radical (unpaired) electrons. The van der Waals surface area contributed by atoms with E-state index in [1.54, 1.807) is 13.8 Å². The molecule has 1 saturated heterocycles. The van der Waals surface area contributed by atoms with Gasteiger partial charge in [-0.25, -0.2) is 0 Å².